The molecule has 0 amide bonds. The number of rotatable bonds is 0. The van der Waals surface area contributed by atoms with E-state index in [0.717, 1.165) is 0 Å². The van der Waals surface area contributed by atoms with Gasteiger partial charge in [-0.15, -0.1) is 0 Å². The van der Waals surface area contributed by atoms with E-state index in [2.05, 4.69) is 15.1 Å². The quantitative estimate of drug-likeness (QED) is 0.558. The number of hydrogen-bond donors (Lipinski definition) is 1. The first-order valence-electron chi connectivity index (χ1n) is 3.14. The van der Waals surface area contributed by atoms with Crippen molar-refractivity contribution in [3.8, 4) is 0 Å². The summed E-state index contributed by atoms with van der Waals surface area (Å²) in [5.41, 5.74) is 1.07. The van der Waals surface area contributed by atoms with Crippen LogP contribution in [0, 0.1) is 0 Å². The largest absolute Gasteiger partial charge is 0.345 e. The first-order valence-corrected chi connectivity index (χ1v) is 3.14. The van der Waals surface area contributed by atoms with Gasteiger partial charge in [0.15, 0.2) is 0 Å². The highest BCUT2D eigenvalue weighted by atomic mass is 16.1. The van der Waals surface area contributed by atoms with Crippen molar-refractivity contribution in [3.05, 3.63) is 22.9 Å². The van der Waals surface area contributed by atoms with Gasteiger partial charge in [-0.25, -0.2) is 4.79 Å². The maximum absolute atomic E-state index is 10.7. The molecule has 2 aromatic rings. The lowest BCUT2D eigenvalue weighted by Crippen LogP contribution is -2.07. The number of nitrogens with zero attached hydrogens (tertiary/aromatic N) is 3. The maximum Gasteiger partial charge on any atom is 0.345 e. The predicted molar refractivity (Wildman–Crippen MR) is 39.1 cm³/mol. The molecule has 0 unspecified atom stereocenters. The van der Waals surface area contributed by atoms with Crippen LogP contribution < -0.4 is 5.69 Å². The van der Waals surface area contributed by atoms with E-state index in [1.54, 1.807) is 17.9 Å². The highest BCUT2D eigenvalue weighted by Gasteiger charge is 1.97. The minimum absolute atomic E-state index is 0.342. The predicted octanol–water partition coefficient (Wildman–Crippen LogP) is -0.343. The van der Waals surface area contributed by atoms with Crippen molar-refractivity contribution in [1.29, 1.82) is 0 Å². The van der Waals surface area contributed by atoms with Gasteiger partial charge < -0.3 is 4.98 Å². The smallest absolute Gasteiger partial charge is 0.303 e. The molecule has 0 aliphatic carbocycles. The first kappa shape index (κ1) is 6.09. The SMILES string of the molecule is Cn1cc2[nH]c(=O)ncc2n1. The molecule has 2 heterocycles. The molecule has 5 heteroatoms. The zero-order chi connectivity index (χ0) is 7.84. The fraction of sp³-hybridized carbons (Fsp3) is 0.167. The molecule has 56 valence electrons. The first-order chi connectivity index (χ1) is 5.25. The second kappa shape index (κ2) is 1.91. The Bertz CT molecular complexity index is 441. The topological polar surface area (TPSA) is 63.6 Å². The van der Waals surface area contributed by atoms with Crippen molar-refractivity contribution < 1.29 is 0 Å². The van der Waals surface area contributed by atoms with Gasteiger partial charge in [0.25, 0.3) is 0 Å². The molecule has 5 nitrogen and oxygen atoms in total. The van der Waals surface area contributed by atoms with Crippen LogP contribution in [-0.2, 0) is 7.05 Å². The third-order valence-electron chi connectivity index (χ3n) is 1.40. The summed E-state index contributed by atoms with van der Waals surface area (Å²) in [5, 5.41) is 4.04. The summed E-state index contributed by atoms with van der Waals surface area (Å²) in [6.45, 7) is 0. The van der Waals surface area contributed by atoms with Crippen LogP contribution in [0.15, 0.2) is 17.2 Å². The molecule has 0 saturated heterocycles. The van der Waals surface area contributed by atoms with Crippen molar-refractivity contribution in [1.82, 2.24) is 19.7 Å². The average Bonchev–Trinajstić information content (AvgIpc) is 2.27. The molecule has 2 aromatic heterocycles. The number of aromatic nitrogens is 4. The Morgan fingerprint density at radius 2 is 2.45 bits per heavy atom. The van der Waals surface area contributed by atoms with Crippen molar-refractivity contribution in [2.75, 3.05) is 0 Å². The lowest BCUT2D eigenvalue weighted by Gasteiger charge is -1.81. The van der Waals surface area contributed by atoms with Gasteiger partial charge in [0.05, 0.1) is 11.7 Å². The number of fused-ring (bicyclic) bond motifs is 1. The van der Waals surface area contributed by atoms with Crippen LogP contribution >= 0.6 is 0 Å². The fourth-order valence-corrected chi connectivity index (χ4v) is 0.965. The van der Waals surface area contributed by atoms with Gasteiger partial charge in [0.2, 0.25) is 0 Å². The van der Waals surface area contributed by atoms with Gasteiger partial charge in [0, 0.05) is 13.2 Å². The van der Waals surface area contributed by atoms with Gasteiger partial charge in [-0.2, -0.15) is 10.1 Å². The number of aryl methyl sites for hydroxylation is 1. The summed E-state index contributed by atoms with van der Waals surface area (Å²) in [5.74, 6) is 0. The normalized spacial score (nSPS) is 10.6. The Hall–Kier alpha value is -1.65. The van der Waals surface area contributed by atoms with Gasteiger partial charge >= 0.3 is 5.69 Å². The molecule has 0 aliphatic heterocycles. The molecular formula is C6H6N4O. The number of hydrogen-bond acceptors (Lipinski definition) is 3. The molecule has 0 fully saturated rings. The standard InChI is InChI=1S/C6H6N4O/c1-10-3-5-4(9-10)2-7-6(11)8-5/h2-3H,1H3,(H,8,11). The fourth-order valence-electron chi connectivity index (χ4n) is 0.965. The van der Waals surface area contributed by atoms with Crippen LogP contribution in [0.5, 0.6) is 0 Å². The van der Waals surface area contributed by atoms with E-state index in [4.69, 9.17) is 0 Å². The van der Waals surface area contributed by atoms with E-state index in [9.17, 15) is 4.79 Å². The Labute approximate surface area is 61.7 Å². The summed E-state index contributed by atoms with van der Waals surface area (Å²) >= 11 is 0. The molecule has 11 heavy (non-hydrogen) atoms. The van der Waals surface area contributed by atoms with E-state index in [-0.39, 0.29) is 5.69 Å². The van der Waals surface area contributed by atoms with Crippen LogP contribution in [-0.4, -0.2) is 19.7 Å². The summed E-state index contributed by atoms with van der Waals surface area (Å²) in [6, 6.07) is 0. The molecule has 0 aromatic carbocycles. The summed E-state index contributed by atoms with van der Waals surface area (Å²) in [7, 11) is 1.79. The summed E-state index contributed by atoms with van der Waals surface area (Å²) in [4.78, 5) is 16.8. The molecule has 0 spiro atoms. The minimum Gasteiger partial charge on any atom is -0.303 e. The van der Waals surface area contributed by atoms with Crippen molar-refractivity contribution >= 4 is 11.0 Å². The second-order valence-corrected chi connectivity index (χ2v) is 2.29. The van der Waals surface area contributed by atoms with Crippen molar-refractivity contribution in [3.63, 3.8) is 0 Å². The summed E-state index contributed by atoms with van der Waals surface area (Å²) < 4.78 is 1.63. The Kier molecular flexibility index (Phi) is 1.06. The van der Waals surface area contributed by atoms with Crippen molar-refractivity contribution in [2.45, 2.75) is 0 Å². The molecule has 0 atom stereocenters. The van der Waals surface area contributed by atoms with Gasteiger partial charge in [-0.1, -0.05) is 0 Å². The van der Waals surface area contributed by atoms with E-state index >= 15 is 0 Å². The third-order valence-corrected chi connectivity index (χ3v) is 1.40. The van der Waals surface area contributed by atoms with Gasteiger partial charge in [0.1, 0.15) is 5.52 Å². The molecular weight excluding hydrogens is 144 g/mol. The van der Waals surface area contributed by atoms with Crippen LogP contribution in [0.4, 0.5) is 0 Å². The van der Waals surface area contributed by atoms with Crippen LogP contribution in [0.2, 0.25) is 0 Å². The Morgan fingerprint density at radius 3 is 3.27 bits per heavy atom. The van der Waals surface area contributed by atoms with Gasteiger partial charge in [-0.05, 0) is 0 Å². The molecule has 0 radical (unpaired) electrons. The second-order valence-electron chi connectivity index (χ2n) is 2.29. The number of aromatic amines is 1. The van der Waals surface area contributed by atoms with E-state index in [0.29, 0.717) is 11.0 Å². The van der Waals surface area contributed by atoms with E-state index < -0.39 is 0 Å². The van der Waals surface area contributed by atoms with Crippen LogP contribution in [0.1, 0.15) is 0 Å². The Balaban J connectivity index is 2.92. The molecule has 0 saturated carbocycles. The monoisotopic (exact) mass is 150 g/mol. The molecule has 0 bridgehead atoms. The van der Waals surface area contributed by atoms with Gasteiger partial charge in [-0.3, -0.25) is 4.68 Å². The third kappa shape index (κ3) is 0.899. The highest BCUT2D eigenvalue weighted by molar-refractivity contribution is 5.71. The minimum atomic E-state index is -0.342. The molecule has 2 rings (SSSR count). The molecule has 0 aliphatic rings. The maximum atomic E-state index is 10.7. The number of H-pyrrole nitrogens is 1. The highest BCUT2D eigenvalue weighted by Crippen LogP contribution is 2.01. The zero-order valence-electron chi connectivity index (χ0n) is 5.90. The molecule has 1 N–H and O–H groups in total. The average molecular weight is 150 g/mol. The van der Waals surface area contributed by atoms with E-state index in [1.165, 1.54) is 6.20 Å². The zero-order valence-corrected chi connectivity index (χ0v) is 5.90. The summed E-state index contributed by atoms with van der Waals surface area (Å²) in [6.07, 6.45) is 3.19. The van der Waals surface area contributed by atoms with Crippen molar-refractivity contribution in [2.24, 2.45) is 7.05 Å². The lowest BCUT2D eigenvalue weighted by atomic mass is 10.5. The van der Waals surface area contributed by atoms with Crippen LogP contribution in [0.25, 0.3) is 11.0 Å². The Morgan fingerprint density at radius 1 is 1.64 bits per heavy atom. The number of nitrogens with one attached hydrogen (secondary N) is 1. The van der Waals surface area contributed by atoms with E-state index in [1.807, 2.05) is 0 Å². The lowest BCUT2D eigenvalue weighted by molar-refractivity contribution is 0.779. The van der Waals surface area contributed by atoms with Crippen LogP contribution in [0.3, 0.4) is 0 Å².